The summed E-state index contributed by atoms with van der Waals surface area (Å²) in [6.07, 6.45) is 12.2. The molecule has 0 spiro atoms. The Morgan fingerprint density at radius 1 is 0.882 bits per heavy atom. The molecule has 0 radical (unpaired) electrons. The van der Waals surface area contributed by atoms with Crippen LogP contribution in [0.15, 0.2) is 133 Å². The van der Waals surface area contributed by atoms with E-state index >= 15 is 4.79 Å². The number of fused-ring (bicyclic) bond motifs is 3. The standard InChI is InChI=1S/C56H68N2O10/c1-3-30-63-44-26-27-50-48(36-44)53-46(24-11-14-29-60)42(20-10-13-28-59)35-47-49(57-68-52-25-12-15-32-64-52)37-51(56(67-50,54(47)53)66-31-4-2)58(38-43-22-16-21-41-19-8-9-23-45(41)43)55(61)65-34-33-62-39-40-17-6-5-7-18-40/h3-9,16-19,21-23,26-27,35-36,42,46,51-54,59-60H,1-2,10-15,20,24-25,28-34,37-39H2/t42-,46+,51-,52?,53+,54+,56+/m0/s1. The molecule has 1 unspecified atom stereocenters. The molecule has 0 bridgehead atoms. The Balaban J connectivity index is 1.29. The molecule has 8 rings (SSSR count). The van der Waals surface area contributed by atoms with E-state index in [-0.39, 0.29) is 63.8 Å². The quantitative estimate of drug-likeness (QED) is 0.0397. The van der Waals surface area contributed by atoms with Crippen molar-refractivity contribution in [3.63, 3.8) is 0 Å². The lowest BCUT2D eigenvalue weighted by Gasteiger charge is -2.60. The zero-order valence-electron chi connectivity index (χ0n) is 39.3. The molecule has 4 aromatic carbocycles. The molecule has 1 saturated heterocycles. The Morgan fingerprint density at radius 2 is 1.68 bits per heavy atom. The zero-order valence-corrected chi connectivity index (χ0v) is 39.3. The summed E-state index contributed by atoms with van der Waals surface area (Å²) < 4.78 is 39.2. The van der Waals surface area contributed by atoms with Crippen LogP contribution in [0.4, 0.5) is 4.79 Å². The van der Waals surface area contributed by atoms with E-state index in [2.05, 4.69) is 49.6 Å². The molecule has 2 aliphatic heterocycles. The van der Waals surface area contributed by atoms with E-state index in [1.807, 2.05) is 60.7 Å². The number of ether oxygens (including phenoxy) is 6. The van der Waals surface area contributed by atoms with E-state index in [9.17, 15) is 10.2 Å². The van der Waals surface area contributed by atoms with Gasteiger partial charge < -0.3 is 43.5 Å². The number of nitrogens with zero attached hydrogens (tertiary/aromatic N) is 2. The van der Waals surface area contributed by atoms with Crippen molar-refractivity contribution in [3.05, 3.63) is 145 Å². The molecule has 1 amide bonds. The topological polar surface area (TPSA) is 138 Å². The van der Waals surface area contributed by atoms with Crippen LogP contribution < -0.4 is 9.47 Å². The van der Waals surface area contributed by atoms with Crippen molar-refractivity contribution in [3.8, 4) is 11.5 Å². The summed E-state index contributed by atoms with van der Waals surface area (Å²) in [5.74, 6) is -0.798. The first-order valence-corrected chi connectivity index (χ1v) is 24.6. The van der Waals surface area contributed by atoms with Gasteiger partial charge in [0.1, 0.15) is 30.8 Å². The second kappa shape index (κ2) is 24.2. The Labute approximate surface area is 401 Å². The number of rotatable bonds is 24. The maximum atomic E-state index is 15.2. The molecule has 1 saturated carbocycles. The Hall–Kier alpha value is -5.50. The average molecular weight is 929 g/mol. The fourth-order valence-electron chi connectivity index (χ4n) is 10.8. The number of aliphatic hydroxyl groups is 2. The molecule has 4 aromatic rings. The Kier molecular flexibility index (Phi) is 17.4. The number of aliphatic hydroxyl groups excluding tert-OH is 2. The Morgan fingerprint density at radius 3 is 2.47 bits per heavy atom. The van der Waals surface area contributed by atoms with Crippen LogP contribution in [0.25, 0.3) is 10.8 Å². The van der Waals surface area contributed by atoms with E-state index < -0.39 is 30.1 Å². The summed E-state index contributed by atoms with van der Waals surface area (Å²) in [6.45, 7) is 9.99. The summed E-state index contributed by atoms with van der Waals surface area (Å²) in [6, 6.07) is 29.3. The Bertz CT molecular complexity index is 2340. The van der Waals surface area contributed by atoms with Crippen molar-refractivity contribution >= 4 is 22.6 Å². The third kappa shape index (κ3) is 11.3. The first-order chi connectivity index (χ1) is 33.5. The van der Waals surface area contributed by atoms with E-state index in [0.29, 0.717) is 56.3 Å². The van der Waals surface area contributed by atoms with Gasteiger partial charge in [-0.1, -0.05) is 116 Å². The third-order valence-corrected chi connectivity index (χ3v) is 13.8. The number of unbranched alkanes of at least 4 members (excludes halogenated alkanes) is 2. The van der Waals surface area contributed by atoms with E-state index in [4.69, 9.17) is 38.4 Å². The molecule has 0 aromatic heterocycles. The highest BCUT2D eigenvalue weighted by atomic mass is 16.8. The number of hydrogen-bond donors (Lipinski definition) is 2. The molecule has 362 valence electrons. The maximum Gasteiger partial charge on any atom is 0.410 e. The summed E-state index contributed by atoms with van der Waals surface area (Å²) in [5, 5.41) is 27.1. The molecule has 2 heterocycles. The second-order valence-corrected chi connectivity index (χ2v) is 18.2. The van der Waals surface area contributed by atoms with Crippen molar-refractivity contribution in [1.82, 2.24) is 4.90 Å². The van der Waals surface area contributed by atoms with Crippen LogP contribution in [-0.2, 0) is 36.9 Å². The van der Waals surface area contributed by atoms with Gasteiger partial charge in [0, 0.05) is 37.5 Å². The maximum absolute atomic E-state index is 15.2. The monoisotopic (exact) mass is 928 g/mol. The van der Waals surface area contributed by atoms with Crippen molar-refractivity contribution in [2.75, 3.05) is 46.2 Å². The van der Waals surface area contributed by atoms with Gasteiger partial charge in [0.15, 0.2) is 0 Å². The van der Waals surface area contributed by atoms with E-state index in [0.717, 1.165) is 71.6 Å². The smallest absolute Gasteiger partial charge is 0.410 e. The molecule has 2 aliphatic carbocycles. The van der Waals surface area contributed by atoms with Crippen molar-refractivity contribution in [2.45, 2.75) is 101 Å². The van der Waals surface area contributed by atoms with Gasteiger partial charge in [-0.3, -0.25) is 4.90 Å². The lowest BCUT2D eigenvalue weighted by Crippen LogP contribution is -2.70. The van der Waals surface area contributed by atoms with E-state index in [1.54, 1.807) is 17.1 Å². The van der Waals surface area contributed by atoms with Crippen molar-refractivity contribution in [1.29, 1.82) is 0 Å². The predicted octanol–water partition coefficient (Wildman–Crippen LogP) is 10.4. The summed E-state index contributed by atoms with van der Waals surface area (Å²) in [4.78, 5) is 23.4. The summed E-state index contributed by atoms with van der Waals surface area (Å²) >= 11 is 0. The molecule has 12 nitrogen and oxygen atoms in total. The number of carbonyl (C=O) groups is 1. The fourth-order valence-corrected chi connectivity index (χ4v) is 10.8. The third-order valence-electron chi connectivity index (χ3n) is 13.8. The number of oxime groups is 1. The van der Waals surface area contributed by atoms with Crippen LogP contribution in [0, 0.1) is 17.8 Å². The molecule has 2 fully saturated rings. The number of carbonyl (C=O) groups excluding carboxylic acids is 1. The van der Waals surface area contributed by atoms with Crippen LogP contribution in [0.5, 0.6) is 11.5 Å². The van der Waals surface area contributed by atoms with Gasteiger partial charge in [-0.15, -0.1) is 6.58 Å². The number of hydrogen-bond acceptors (Lipinski definition) is 11. The van der Waals surface area contributed by atoms with E-state index in [1.165, 1.54) is 0 Å². The van der Waals surface area contributed by atoms with Gasteiger partial charge >= 0.3 is 6.09 Å². The lowest BCUT2D eigenvalue weighted by molar-refractivity contribution is -0.256. The van der Waals surface area contributed by atoms with Crippen LogP contribution in [0.3, 0.4) is 0 Å². The van der Waals surface area contributed by atoms with Gasteiger partial charge in [-0.2, -0.15) is 0 Å². The number of benzene rings is 4. The van der Waals surface area contributed by atoms with Gasteiger partial charge in [-0.25, -0.2) is 4.79 Å². The summed E-state index contributed by atoms with van der Waals surface area (Å²) in [7, 11) is 0. The highest BCUT2D eigenvalue weighted by Crippen LogP contribution is 2.62. The van der Waals surface area contributed by atoms with Crippen LogP contribution in [-0.4, -0.2) is 91.3 Å². The average Bonchev–Trinajstić information content (AvgIpc) is 3.37. The number of allylic oxidation sites excluding steroid dienone is 1. The highest BCUT2D eigenvalue weighted by Gasteiger charge is 2.66. The molecule has 12 heteroatoms. The first kappa shape index (κ1) is 48.9. The van der Waals surface area contributed by atoms with Crippen molar-refractivity contribution in [2.24, 2.45) is 22.9 Å². The number of amides is 1. The van der Waals surface area contributed by atoms with Gasteiger partial charge in [0.25, 0.3) is 0 Å². The molecule has 2 N–H and O–H groups in total. The normalized spacial score (nSPS) is 24.5. The minimum absolute atomic E-state index is 0.0187. The molecule has 4 aliphatic rings. The minimum atomic E-state index is -1.49. The molecule has 7 atom stereocenters. The van der Waals surface area contributed by atoms with Gasteiger partial charge in [-0.05, 0) is 96.0 Å². The van der Waals surface area contributed by atoms with Crippen molar-refractivity contribution < 1.29 is 48.3 Å². The summed E-state index contributed by atoms with van der Waals surface area (Å²) in [5.41, 5.74) is 4.55. The molecule has 68 heavy (non-hydrogen) atoms. The lowest BCUT2D eigenvalue weighted by atomic mass is 9.55. The van der Waals surface area contributed by atoms with Gasteiger partial charge in [0.2, 0.25) is 12.1 Å². The first-order valence-electron chi connectivity index (χ1n) is 24.6. The van der Waals surface area contributed by atoms with Gasteiger partial charge in [0.05, 0.1) is 44.6 Å². The van der Waals surface area contributed by atoms with Crippen LogP contribution in [0.1, 0.15) is 86.8 Å². The largest absolute Gasteiger partial charge is 0.490 e. The van der Waals surface area contributed by atoms with Crippen LogP contribution >= 0.6 is 0 Å². The SMILES string of the molecule is C=CCOc1ccc2c(c1)[C@H]1[C@H](CCCCO)[C@@H](CCCCO)C=C3C(=NOC4CCCCO4)C[C@H](N(Cc4cccc5ccccc45)C(=O)OCCOCc4ccccc4)[C@@](OCC=C)(O2)[C@H]31. The molecular weight excluding hydrogens is 861 g/mol. The minimum Gasteiger partial charge on any atom is -0.490 e. The molecular formula is C56H68N2O10. The van der Waals surface area contributed by atoms with Crippen LogP contribution in [0.2, 0.25) is 0 Å². The predicted molar refractivity (Wildman–Crippen MR) is 262 cm³/mol. The highest BCUT2D eigenvalue weighted by molar-refractivity contribution is 6.03. The zero-order chi connectivity index (χ0) is 47.1. The fraction of sp³-hybridized carbons (Fsp3) is 0.464. The second-order valence-electron chi connectivity index (χ2n) is 18.2.